The SMILES string of the molecule is CC1C(c2ccccn2)=CC=CC1n1c2cc(-c3ccc4c(c3)sc3c5ccccc5sc43)ccc2c2ccc(P(=O)(c3ccccc3)c3ccccc3)cc21. The number of thiophene rings is 2. The molecule has 0 amide bonds. The Hall–Kier alpha value is -5.84. The van der Waals surface area contributed by atoms with Crippen LogP contribution in [0.15, 0.2) is 182 Å². The summed E-state index contributed by atoms with van der Waals surface area (Å²) in [5.41, 5.74) is 6.81. The summed E-state index contributed by atoms with van der Waals surface area (Å²) >= 11 is 3.79. The van der Waals surface area contributed by atoms with Crippen LogP contribution in [0.3, 0.4) is 0 Å². The van der Waals surface area contributed by atoms with Crippen molar-refractivity contribution >= 4 is 103 Å². The second kappa shape index (κ2) is 13.1. The molecule has 0 saturated heterocycles. The van der Waals surface area contributed by atoms with E-state index in [1.54, 1.807) is 0 Å². The van der Waals surface area contributed by atoms with Crippen molar-refractivity contribution < 1.29 is 4.57 Å². The molecule has 4 aromatic heterocycles. The fourth-order valence-corrected chi connectivity index (χ4v) is 14.1. The molecule has 2 atom stereocenters. The molecule has 11 rings (SSSR count). The van der Waals surface area contributed by atoms with Gasteiger partial charge in [-0.15, -0.1) is 22.7 Å². The van der Waals surface area contributed by atoms with Gasteiger partial charge in [-0.3, -0.25) is 4.98 Å². The quantitative estimate of drug-likeness (QED) is 0.158. The molecule has 0 radical (unpaired) electrons. The number of nitrogens with zero attached hydrogens (tertiary/aromatic N) is 2. The van der Waals surface area contributed by atoms with Crippen molar-refractivity contribution in [2.24, 2.45) is 5.92 Å². The highest BCUT2D eigenvalue weighted by Gasteiger charge is 2.32. The summed E-state index contributed by atoms with van der Waals surface area (Å²) in [6.07, 6.45) is 8.57. The van der Waals surface area contributed by atoms with E-state index in [0.29, 0.717) is 0 Å². The van der Waals surface area contributed by atoms with Crippen molar-refractivity contribution in [3.05, 3.63) is 188 Å². The zero-order valence-corrected chi connectivity index (χ0v) is 33.1. The lowest BCUT2D eigenvalue weighted by molar-refractivity contribution is 0.522. The summed E-state index contributed by atoms with van der Waals surface area (Å²) in [5, 5.41) is 7.50. The first kappa shape index (κ1) is 33.5. The first-order valence-corrected chi connectivity index (χ1v) is 22.3. The molecule has 1 aliphatic carbocycles. The zero-order chi connectivity index (χ0) is 37.4. The van der Waals surface area contributed by atoms with Crippen LogP contribution in [0, 0.1) is 5.92 Å². The summed E-state index contributed by atoms with van der Waals surface area (Å²) in [6, 6.07) is 55.2. The largest absolute Gasteiger partial charge is 0.333 e. The first-order chi connectivity index (χ1) is 27.6. The summed E-state index contributed by atoms with van der Waals surface area (Å²) < 4.78 is 23.6. The molecule has 0 aliphatic heterocycles. The smallest absolute Gasteiger partial charge is 0.171 e. The van der Waals surface area contributed by atoms with E-state index in [0.717, 1.165) is 38.0 Å². The van der Waals surface area contributed by atoms with Gasteiger partial charge in [-0.05, 0) is 53.1 Å². The Morgan fingerprint density at radius 3 is 1.91 bits per heavy atom. The maximum Gasteiger partial charge on any atom is 0.171 e. The Balaban J connectivity index is 1.13. The van der Waals surface area contributed by atoms with Crippen molar-refractivity contribution in [2.75, 3.05) is 0 Å². The highest BCUT2D eigenvalue weighted by atomic mass is 32.1. The molecule has 0 saturated carbocycles. The lowest BCUT2D eigenvalue weighted by Crippen LogP contribution is -2.25. The highest BCUT2D eigenvalue weighted by Crippen LogP contribution is 2.48. The third-order valence-corrected chi connectivity index (χ3v) is 17.1. The third-order valence-electron chi connectivity index (χ3n) is 11.6. The standard InChI is InChI=1S/C50H35N2OPS2/c1-32-38(43-19-10-11-28-51-43)18-12-20-44(32)52-45-29-33(34-23-26-42-48(30-34)56-49-41-17-8-9-21-47(41)55-50(42)49)22-25-39(45)40-27-24-37(31-46(40)52)54(53,35-13-4-2-5-14-35)36-15-6-3-7-16-36/h2-32,44H,1H3. The minimum Gasteiger partial charge on any atom is -0.333 e. The Morgan fingerprint density at radius 1 is 0.571 bits per heavy atom. The van der Waals surface area contributed by atoms with E-state index in [9.17, 15) is 0 Å². The molecule has 6 aromatic carbocycles. The van der Waals surface area contributed by atoms with E-state index in [-0.39, 0.29) is 12.0 Å². The molecule has 2 unspecified atom stereocenters. The average Bonchev–Trinajstić information content (AvgIpc) is 3.91. The predicted molar refractivity (Wildman–Crippen MR) is 242 cm³/mol. The van der Waals surface area contributed by atoms with E-state index < -0.39 is 7.14 Å². The van der Waals surface area contributed by atoms with E-state index >= 15 is 4.57 Å². The third kappa shape index (κ3) is 5.15. The fraction of sp³-hybridized carbons (Fsp3) is 0.0600. The van der Waals surface area contributed by atoms with Gasteiger partial charge in [0.25, 0.3) is 0 Å². The zero-order valence-electron chi connectivity index (χ0n) is 30.5. The summed E-state index contributed by atoms with van der Waals surface area (Å²) in [6.45, 7) is 2.30. The maximum atomic E-state index is 15.7. The van der Waals surface area contributed by atoms with Crippen LogP contribution < -0.4 is 15.9 Å². The van der Waals surface area contributed by atoms with E-state index in [4.69, 9.17) is 4.98 Å². The molecular formula is C50H35N2OPS2. The first-order valence-electron chi connectivity index (χ1n) is 19.0. The predicted octanol–water partition coefficient (Wildman–Crippen LogP) is 12.9. The molecule has 4 heterocycles. The topological polar surface area (TPSA) is 34.9 Å². The van der Waals surface area contributed by atoms with E-state index in [1.165, 1.54) is 51.7 Å². The molecule has 0 N–H and O–H groups in total. The molecule has 56 heavy (non-hydrogen) atoms. The van der Waals surface area contributed by atoms with Crippen LogP contribution in [0.4, 0.5) is 0 Å². The van der Waals surface area contributed by atoms with E-state index in [1.807, 2.05) is 95.6 Å². The minimum atomic E-state index is -3.21. The molecule has 6 heteroatoms. The molecule has 1 aliphatic rings. The van der Waals surface area contributed by atoms with Gasteiger partial charge in [0.2, 0.25) is 0 Å². The van der Waals surface area contributed by atoms with Gasteiger partial charge >= 0.3 is 0 Å². The van der Waals surface area contributed by atoms with Crippen LogP contribution in [-0.2, 0) is 4.57 Å². The monoisotopic (exact) mass is 774 g/mol. The van der Waals surface area contributed by atoms with Crippen molar-refractivity contribution in [3.63, 3.8) is 0 Å². The molecule has 0 fully saturated rings. The number of pyridine rings is 1. The number of aromatic nitrogens is 2. The Bertz CT molecular complexity index is 3200. The number of hydrogen-bond donors (Lipinski definition) is 0. The van der Waals surface area contributed by atoms with Gasteiger partial charge in [0, 0.05) is 59.0 Å². The van der Waals surface area contributed by atoms with Crippen molar-refractivity contribution in [3.8, 4) is 11.1 Å². The summed E-state index contributed by atoms with van der Waals surface area (Å²) in [5.74, 6) is 0.126. The number of benzene rings is 6. The van der Waals surface area contributed by atoms with Gasteiger partial charge in [0.15, 0.2) is 7.14 Å². The van der Waals surface area contributed by atoms with Gasteiger partial charge in [-0.2, -0.15) is 0 Å². The molecule has 0 bridgehead atoms. The fourth-order valence-electron chi connectivity index (χ4n) is 8.78. The highest BCUT2D eigenvalue weighted by molar-refractivity contribution is 7.85. The molecule has 10 aromatic rings. The van der Waals surface area contributed by atoms with E-state index in [2.05, 4.69) is 121 Å². The van der Waals surface area contributed by atoms with Crippen LogP contribution in [0.1, 0.15) is 18.7 Å². The number of hydrogen-bond acceptors (Lipinski definition) is 4. The van der Waals surface area contributed by atoms with Crippen LogP contribution in [0.5, 0.6) is 0 Å². The number of rotatable bonds is 6. The number of allylic oxidation sites excluding steroid dienone is 4. The summed E-state index contributed by atoms with van der Waals surface area (Å²) in [4.78, 5) is 4.77. The van der Waals surface area contributed by atoms with Crippen LogP contribution in [0.2, 0.25) is 0 Å². The molecule has 268 valence electrons. The van der Waals surface area contributed by atoms with Gasteiger partial charge < -0.3 is 9.13 Å². The van der Waals surface area contributed by atoms with Crippen molar-refractivity contribution in [2.45, 2.75) is 13.0 Å². The Labute approximate surface area is 332 Å². The average molecular weight is 775 g/mol. The molecular weight excluding hydrogens is 740 g/mol. The van der Waals surface area contributed by atoms with Gasteiger partial charge in [0.1, 0.15) is 0 Å². The van der Waals surface area contributed by atoms with Gasteiger partial charge in [-0.1, -0.05) is 146 Å². The van der Waals surface area contributed by atoms with Crippen LogP contribution in [0.25, 0.3) is 68.1 Å². The van der Waals surface area contributed by atoms with Gasteiger partial charge in [0.05, 0.1) is 32.2 Å². The lowest BCUT2D eigenvalue weighted by atomic mass is 9.86. The number of fused-ring (bicyclic) bond motifs is 8. The van der Waals surface area contributed by atoms with Gasteiger partial charge in [-0.25, -0.2) is 0 Å². The molecule has 0 spiro atoms. The second-order valence-electron chi connectivity index (χ2n) is 14.7. The summed E-state index contributed by atoms with van der Waals surface area (Å²) in [7, 11) is -3.21. The van der Waals surface area contributed by atoms with Crippen molar-refractivity contribution in [1.29, 1.82) is 0 Å². The minimum absolute atomic E-state index is 0.00446. The normalized spacial score (nSPS) is 16.1. The van der Waals surface area contributed by atoms with Crippen LogP contribution >= 0.6 is 29.8 Å². The second-order valence-corrected chi connectivity index (χ2v) is 19.5. The Kier molecular flexibility index (Phi) is 7.86. The molecule has 3 nitrogen and oxygen atoms in total. The van der Waals surface area contributed by atoms with Crippen molar-refractivity contribution in [1.82, 2.24) is 9.55 Å². The maximum absolute atomic E-state index is 15.7. The Morgan fingerprint density at radius 2 is 1.18 bits per heavy atom. The van der Waals surface area contributed by atoms with Crippen LogP contribution in [-0.4, -0.2) is 9.55 Å². The lowest BCUT2D eigenvalue weighted by Gasteiger charge is -2.29.